The lowest BCUT2D eigenvalue weighted by molar-refractivity contribution is -0.137. The van der Waals surface area contributed by atoms with Gasteiger partial charge in [-0.2, -0.15) is 0 Å². The standard InChI is InChI=1S/C17H26N2O2/c1-3-5-11-19-16(20)10-9-15(18)17(19)13-7-6-8-14(12-13)21-4-2/h6-8,12,15,17H,3-5,9-11,18H2,1-2H3. The zero-order valence-corrected chi connectivity index (χ0v) is 13.0. The van der Waals surface area contributed by atoms with Crippen LogP contribution < -0.4 is 10.5 Å². The summed E-state index contributed by atoms with van der Waals surface area (Å²) in [6, 6.07) is 7.95. The second-order valence-corrected chi connectivity index (χ2v) is 5.59. The first-order chi connectivity index (χ1) is 10.2. The van der Waals surface area contributed by atoms with Crippen LogP contribution in [0, 0.1) is 0 Å². The number of hydrogen-bond acceptors (Lipinski definition) is 3. The van der Waals surface area contributed by atoms with Crippen LogP contribution in [0.25, 0.3) is 0 Å². The van der Waals surface area contributed by atoms with Crippen LogP contribution in [-0.2, 0) is 4.79 Å². The number of nitrogens with zero attached hydrogens (tertiary/aromatic N) is 1. The highest BCUT2D eigenvalue weighted by Gasteiger charge is 2.34. The van der Waals surface area contributed by atoms with Crippen LogP contribution in [0.2, 0.25) is 0 Å². The highest BCUT2D eigenvalue weighted by Crippen LogP contribution is 2.32. The van der Waals surface area contributed by atoms with E-state index in [0.29, 0.717) is 13.0 Å². The maximum absolute atomic E-state index is 12.3. The lowest BCUT2D eigenvalue weighted by Gasteiger charge is -2.40. The molecule has 21 heavy (non-hydrogen) atoms. The van der Waals surface area contributed by atoms with Gasteiger partial charge in [-0.3, -0.25) is 4.79 Å². The molecule has 4 heteroatoms. The van der Waals surface area contributed by atoms with Gasteiger partial charge in [0.15, 0.2) is 0 Å². The van der Waals surface area contributed by atoms with Crippen molar-refractivity contribution in [3.8, 4) is 5.75 Å². The first-order valence-electron chi connectivity index (χ1n) is 7.95. The zero-order chi connectivity index (χ0) is 15.2. The van der Waals surface area contributed by atoms with E-state index in [4.69, 9.17) is 10.5 Å². The van der Waals surface area contributed by atoms with E-state index >= 15 is 0 Å². The lowest BCUT2D eigenvalue weighted by Crippen LogP contribution is -2.49. The molecule has 1 aromatic carbocycles. The Morgan fingerprint density at radius 1 is 1.38 bits per heavy atom. The average molecular weight is 290 g/mol. The van der Waals surface area contributed by atoms with Crippen molar-refractivity contribution in [2.75, 3.05) is 13.2 Å². The lowest BCUT2D eigenvalue weighted by atomic mass is 9.90. The quantitative estimate of drug-likeness (QED) is 0.876. The van der Waals surface area contributed by atoms with Crippen LogP contribution >= 0.6 is 0 Å². The Labute approximate surface area is 127 Å². The summed E-state index contributed by atoms with van der Waals surface area (Å²) in [5, 5.41) is 0. The van der Waals surface area contributed by atoms with Crippen molar-refractivity contribution in [1.29, 1.82) is 0 Å². The van der Waals surface area contributed by atoms with Crippen LogP contribution in [0.5, 0.6) is 5.75 Å². The molecule has 1 saturated heterocycles. The summed E-state index contributed by atoms with van der Waals surface area (Å²) in [5.74, 6) is 1.06. The number of likely N-dealkylation sites (tertiary alicyclic amines) is 1. The molecule has 0 aromatic heterocycles. The summed E-state index contributed by atoms with van der Waals surface area (Å²) in [6.07, 6.45) is 3.41. The maximum Gasteiger partial charge on any atom is 0.223 e. The highest BCUT2D eigenvalue weighted by molar-refractivity contribution is 5.78. The Hall–Kier alpha value is -1.55. The molecule has 2 unspecified atom stereocenters. The molecule has 0 saturated carbocycles. The summed E-state index contributed by atoms with van der Waals surface area (Å²) < 4.78 is 5.57. The molecule has 1 aromatic rings. The fourth-order valence-corrected chi connectivity index (χ4v) is 2.95. The van der Waals surface area contributed by atoms with Crippen LogP contribution in [0.3, 0.4) is 0 Å². The molecule has 116 valence electrons. The van der Waals surface area contributed by atoms with E-state index in [9.17, 15) is 4.79 Å². The number of carbonyl (C=O) groups excluding carboxylic acids is 1. The number of hydrogen-bond donors (Lipinski definition) is 1. The Kier molecular flexibility index (Phi) is 5.62. The molecular formula is C17H26N2O2. The summed E-state index contributed by atoms with van der Waals surface area (Å²) in [5.41, 5.74) is 7.41. The van der Waals surface area contributed by atoms with Crippen LogP contribution in [0.4, 0.5) is 0 Å². The van der Waals surface area contributed by atoms with Gasteiger partial charge >= 0.3 is 0 Å². The van der Waals surface area contributed by atoms with Gasteiger partial charge in [0.2, 0.25) is 5.91 Å². The predicted octanol–water partition coefficient (Wildman–Crippen LogP) is 2.88. The number of amides is 1. The monoisotopic (exact) mass is 290 g/mol. The molecule has 1 amide bonds. The van der Waals surface area contributed by atoms with Crippen molar-refractivity contribution in [3.05, 3.63) is 29.8 Å². The SMILES string of the molecule is CCCCN1C(=O)CCC(N)C1c1cccc(OCC)c1. The van der Waals surface area contributed by atoms with Gasteiger partial charge in [-0.25, -0.2) is 0 Å². The third-order valence-corrected chi connectivity index (χ3v) is 4.02. The summed E-state index contributed by atoms with van der Waals surface area (Å²) in [4.78, 5) is 14.2. The number of rotatable bonds is 6. The van der Waals surface area contributed by atoms with E-state index in [1.54, 1.807) is 0 Å². The molecule has 2 rings (SSSR count). The van der Waals surface area contributed by atoms with Gasteiger partial charge in [0.25, 0.3) is 0 Å². The molecule has 1 heterocycles. The molecule has 1 fully saturated rings. The number of benzene rings is 1. The van der Waals surface area contributed by atoms with E-state index in [2.05, 4.69) is 6.92 Å². The average Bonchev–Trinajstić information content (AvgIpc) is 2.48. The van der Waals surface area contributed by atoms with Crippen LogP contribution in [-0.4, -0.2) is 30.0 Å². The molecule has 0 radical (unpaired) electrons. The zero-order valence-electron chi connectivity index (χ0n) is 13.0. The van der Waals surface area contributed by atoms with Crippen molar-refractivity contribution >= 4 is 5.91 Å². The molecule has 0 bridgehead atoms. The van der Waals surface area contributed by atoms with Gasteiger partial charge < -0.3 is 15.4 Å². The summed E-state index contributed by atoms with van der Waals surface area (Å²) >= 11 is 0. The highest BCUT2D eigenvalue weighted by atomic mass is 16.5. The van der Waals surface area contributed by atoms with Gasteiger partial charge in [-0.05, 0) is 37.5 Å². The first kappa shape index (κ1) is 15.8. The van der Waals surface area contributed by atoms with Gasteiger partial charge in [-0.15, -0.1) is 0 Å². The first-order valence-corrected chi connectivity index (χ1v) is 7.95. The molecule has 1 aliphatic rings. The largest absolute Gasteiger partial charge is 0.494 e. The van der Waals surface area contributed by atoms with E-state index in [0.717, 1.165) is 37.1 Å². The fraction of sp³-hybridized carbons (Fsp3) is 0.588. The molecule has 2 N–H and O–H groups in total. The Morgan fingerprint density at radius 2 is 2.19 bits per heavy atom. The Bertz CT molecular complexity index is 476. The number of nitrogens with two attached hydrogens (primary N) is 1. The van der Waals surface area contributed by atoms with Crippen LogP contribution in [0.1, 0.15) is 51.1 Å². The molecule has 0 aliphatic carbocycles. The van der Waals surface area contributed by atoms with E-state index in [-0.39, 0.29) is 18.0 Å². The number of carbonyl (C=O) groups is 1. The fourth-order valence-electron chi connectivity index (χ4n) is 2.95. The van der Waals surface area contributed by atoms with E-state index in [1.165, 1.54) is 0 Å². The minimum atomic E-state index is -0.0294. The smallest absolute Gasteiger partial charge is 0.223 e. The third-order valence-electron chi connectivity index (χ3n) is 4.02. The minimum absolute atomic E-state index is 0.00330. The van der Waals surface area contributed by atoms with Gasteiger partial charge in [0.1, 0.15) is 5.75 Å². The third kappa shape index (κ3) is 3.76. The number of unbranched alkanes of at least 4 members (excludes halogenated alkanes) is 1. The molecular weight excluding hydrogens is 264 g/mol. The Morgan fingerprint density at radius 3 is 2.90 bits per heavy atom. The predicted molar refractivity (Wildman–Crippen MR) is 84.2 cm³/mol. The van der Waals surface area contributed by atoms with E-state index < -0.39 is 0 Å². The molecule has 2 atom stereocenters. The second kappa shape index (κ2) is 7.46. The van der Waals surface area contributed by atoms with Gasteiger partial charge in [0, 0.05) is 19.0 Å². The van der Waals surface area contributed by atoms with Gasteiger partial charge in [-0.1, -0.05) is 25.5 Å². The van der Waals surface area contributed by atoms with Crippen LogP contribution in [0.15, 0.2) is 24.3 Å². The van der Waals surface area contributed by atoms with Crippen molar-refractivity contribution in [3.63, 3.8) is 0 Å². The van der Waals surface area contributed by atoms with Crippen molar-refractivity contribution < 1.29 is 9.53 Å². The van der Waals surface area contributed by atoms with Crippen molar-refractivity contribution in [1.82, 2.24) is 4.90 Å². The number of piperidine rings is 1. The Balaban J connectivity index is 2.26. The second-order valence-electron chi connectivity index (χ2n) is 5.59. The minimum Gasteiger partial charge on any atom is -0.494 e. The van der Waals surface area contributed by atoms with Gasteiger partial charge in [0.05, 0.1) is 12.6 Å². The topological polar surface area (TPSA) is 55.6 Å². The van der Waals surface area contributed by atoms with Crippen molar-refractivity contribution in [2.45, 2.75) is 51.6 Å². The van der Waals surface area contributed by atoms with Crippen molar-refractivity contribution in [2.24, 2.45) is 5.73 Å². The summed E-state index contributed by atoms with van der Waals surface area (Å²) in [6.45, 7) is 5.53. The molecule has 0 spiro atoms. The summed E-state index contributed by atoms with van der Waals surface area (Å²) in [7, 11) is 0. The maximum atomic E-state index is 12.3. The number of ether oxygens (including phenoxy) is 1. The normalized spacial score (nSPS) is 22.4. The molecule has 4 nitrogen and oxygen atoms in total. The molecule has 1 aliphatic heterocycles. The van der Waals surface area contributed by atoms with E-state index in [1.807, 2.05) is 36.1 Å².